The van der Waals surface area contributed by atoms with Crippen molar-refractivity contribution >= 4 is 45.1 Å². The van der Waals surface area contributed by atoms with Crippen LogP contribution in [0.1, 0.15) is 0 Å². The Morgan fingerprint density at radius 2 is 1.95 bits per heavy atom. The lowest BCUT2D eigenvalue weighted by atomic mass is 10.3. The fraction of sp³-hybridized carbons (Fsp3) is 0.0833. The minimum Gasteiger partial charge on any atom is -0.381 e. The molecule has 0 aliphatic rings. The van der Waals surface area contributed by atoms with Crippen LogP contribution in [0.3, 0.4) is 0 Å². The number of aromatic nitrogens is 2. The van der Waals surface area contributed by atoms with Crippen LogP contribution < -0.4 is 11.1 Å². The smallest absolute Gasteiger partial charge is 0.234 e. The number of carbonyl (C=O) groups excluding carboxylic acids is 1. The first-order valence-corrected chi connectivity index (χ1v) is 7.18. The Labute approximate surface area is 123 Å². The molecule has 0 aliphatic carbocycles. The van der Waals surface area contributed by atoms with Crippen molar-refractivity contribution in [1.29, 1.82) is 0 Å². The molecular weight excluding hydrogens is 328 g/mol. The lowest BCUT2D eigenvalue weighted by Crippen LogP contribution is -2.14. The standard InChI is InChI=1S/C12H11BrN4OS/c13-8-1-3-9(4-2-8)17-10(18)7-19-12-11(14)15-5-6-16-12/h1-6H,7H2,(H2,14,15)(H,17,18). The van der Waals surface area contributed by atoms with E-state index in [1.807, 2.05) is 24.3 Å². The summed E-state index contributed by atoms with van der Waals surface area (Å²) in [4.78, 5) is 19.7. The van der Waals surface area contributed by atoms with Crippen LogP contribution >= 0.6 is 27.7 Å². The lowest BCUT2D eigenvalue weighted by Gasteiger charge is -2.05. The SMILES string of the molecule is Nc1nccnc1SCC(=O)Nc1ccc(Br)cc1. The summed E-state index contributed by atoms with van der Waals surface area (Å²) in [7, 11) is 0. The molecule has 1 amide bonds. The zero-order valence-electron chi connectivity index (χ0n) is 9.84. The summed E-state index contributed by atoms with van der Waals surface area (Å²) in [5.41, 5.74) is 6.40. The van der Waals surface area contributed by atoms with E-state index in [4.69, 9.17) is 5.73 Å². The third-order valence-electron chi connectivity index (χ3n) is 2.16. The van der Waals surface area contributed by atoms with Gasteiger partial charge in [-0.25, -0.2) is 9.97 Å². The molecule has 98 valence electrons. The summed E-state index contributed by atoms with van der Waals surface area (Å²) in [6.07, 6.45) is 3.06. The van der Waals surface area contributed by atoms with E-state index in [2.05, 4.69) is 31.2 Å². The molecule has 0 saturated heterocycles. The molecule has 19 heavy (non-hydrogen) atoms. The first-order chi connectivity index (χ1) is 9.15. The maximum absolute atomic E-state index is 11.7. The van der Waals surface area contributed by atoms with Gasteiger partial charge in [0.25, 0.3) is 0 Å². The summed E-state index contributed by atoms with van der Waals surface area (Å²) in [6.45, 7) is 0. The first kappa shape index (κ1) is 13.8. The number of benzene rings is 1. The highest BCUT2D eigenvalue weighted by Gasteiger charge is 2.07. The van der Waals surface area contributed by atoms with Gasteiger partial charge in [-0.3, -0.25) is 4.79 Å². The van der Waals surface area contributed by atoms with Crippen LogP contribution in [0, 0.1) is 0 Å². The summed E-state index contributed by atoms with van der Waals surface area (Å²) in [6, 6.07) is 7.37. The largest absolute Gasteiger partial charge is 0.381 e. The quantitative estimate of drug-likeness (QED) is 0.837. The Morgan fingerprint density at radius 1 is 1.26 bits per heavy atom. The van der Waals surface area contributed by atoms with Crippen molar-refractivity contribution in [2.75, 3.05) is 16.8 Å². The van der Waals surface area contributed by atoms with Crippen molar-refractivity contribution in [2.24, 2.45) is 0 Å². The average molecular weight is 339 g/mol. The molecule has 0 spiro atoms. The maximum Gasteiger partial charge on any atom is 0.234 e. The molecule has 2 rings (SSSR count). The van der Waals surface area contributed by atoms with E-state index in [-0.39, 0.29) is 11.7 Å². The minimum atomic E-state index is -0.114. The van der Waals surface area contributed by atoms with Gasteiger partial charge in [-0.05, 0) is 24.3 Å². The fourth-order valence-corrected chi connectivity index (χ4v) is 2.25. The molecule has 1 heterocycles. The molecule has 7 heteroatoms. The van der Waals surface area contributed by atoms with E-state index in [0.29, 0.717) is 10.8 Å². The molecule has 0 fully saturated rings. The number of nitrogen functional groups attached to an aromatic ring is 1. The normalized spacial score (nSPS) is 10.2. The van der Waals surface area contributed by atoms with Gasteiger partial charge in [0.15, 0.2) is 5.82 Å². The average Bonchev–Trinajstić information content (AvgIpc) is 2.40. The van der Waals surface area contributed by atoms with Crippen molar-refractivity contribution in [1.82, 2.24) is 9.97 Å². The summed E-state index contributed by atoms with van der Waals surface area (Å²) in [5, 5.41) is 3.35. The monoisotopic (exact) mass is 338 g/mol. The third kappa shape index (κ3) is 4.22. The maximum atomic E-state index is 11.7. The molecule has 0 saturated carbocycles. The van der Waals surface area contributed by atoms with Gasteiger partial charge in [-0.1, -0.05) is 27.7 Å². The Bertz CT molecular complexity index is 576. The highest BCUT2D eigenvalue weighted by Crippen LogP contribution is 2.20. The summed E-state index contributed by atoms with van der Waals surface area (Å²) < 4.78 is 0.965. The zero-order valence-corrected chi connectivity index (χ0v) is 12.2. The van der Waals surface area contributed by atoms with E-state index in [1.54, 1.807) is 6.20 Å². The van der Waals surface area contributed by atoms with Gasteiger partial charge in [0.05, 0.1) is 5.75 Å². The van der Waals surface area contributed by atoms with Crippen LogP contribution in [0.4, 0.5) is 11.5 Å². The number of hydrogen-bond acceptors (Lipinski definition) is 5. The topological polar surface area (TPSA) is 80.9 Å². The molecule has 1 aromatic heterocycles. The molecule has 0 unspecified atom stereocenters. The van der Waals surface area contributed by atoms with E-state index >= 15 is 0 Å². The van der Waals surface area contributed by atoms with Crippen LogP contribution in [0.5, 0.6) is 0 Å². The van der Waals surface area contributed by atoms with E-state index in [0.717, 1.165) is 10.2 Å². The summed E-state index contributed by atoms with van der Waals surface area (Å²) >= 11 is 4.59. The number of rotatable bonds is 4. The molecule has 3 N–H and O–H groups in total. The number of nitrogens with zero attached hydrogens (tertiary/aromatic N) is 2. The van der Waals surface area contributed by atoms with Crippen LogP contribution in [-0.4, -0.2) is 21.6 Å². The van der Waals surface area contributed by atoms with Crippen molar-refractivity contribution in [3.05, 3.63) is 41.1 Å². The van der Waals surface area contributed by atoms with Gasteiger partial charge in [0.1, 0.15) is 5.03 Å². The molecular formula is C12H11BrN4OS. The molecule has 0 bridgehead atoms. The Morgan fingerprint density at radius 3 is 2.63 bits per heavy atom. The van der Waals surface area contributed by atoms with Gasteiger partial charge in [0.2, 0.25) is 5.91 Å². The number of nitrogens with two attached hydrogens (primary N) is 1. The number of halogens is 1. The van der Waals surface area contributed by atoms with Crippen LogP contribution in [0.25, 0.3) is 0 Å². The first-order valence-electron chi connectivity index (χ1n) is 5.40. The van der Waals surface area contributed by atoms with E-state index in [1.165, 1.54) is 18.0 Å². The Balaban J connectivity index is 1.88. The molecule has 0 atom stereocenters. The second kappa shape index (κ2) is 6.53. The zero-order chi connectivity index (χ0) is 13.7. The highest BCUT2D eigenvalue weighted by molar-refractivity contribution is 9.10. The van der Waals surface area contributed by atoms with E-state index < -0.39 is 0 Å². The Hall–Kier alpha value is -1.60. The number of amides is 1. The molecule has 0 radical (unpaired) electrons. The van der Waals surface area contributed by atoms with Crippen LogP contribution in [-0.2, 0) is 4.79 Å². The van der Waals surface area contributed by atoms with Crippen molar-refractivity contribution in [2.45, 2.75) is 5.03 Å². The number of carbonyl (C=O) groups is 1. The second-order valence-electron chi connectivity index (χ2n) is 3.59. The minimum absolute atomic E-state index is 0.114. The van der Waals surface area contributed by atoms with Gasteiger partial charge < -0.3 is 11.1 Å². The van der Waals surface area contributed by atoms with Crippen LogP contribution in [0.2, 0.25) is 0 Å². The fourth-order valence-electron chi connectivity index (χ4n) is 1.31. The number of hydrogen-bond donors (Lipinski definition) is 2. The van der Waals surface area contributed by atoms with Crippen molar-refractivity contribution in [3.8, 4) is 0 Å². The molecule has 2 aromatic rings. The van der Waals surface area contributed by atoms with Crippen molar-refractivity contribution < 1.29 is 4.79 Å². The van der Waals surface area contributed by atoms with Gasteiger partial charge in [-0.15, -0.1) is 0 Å². The van der Waals surface area contributed by atoms with Crippen molar-refractivity contribution in [3.63, 3.8) is 0 Å². The van der Waals surface area contributed by atoms with Crippen LogP contribution in [0.15, 0.2) is 46.2 Å². The van der Waals surface area contributed by atoms with Gasteiger partial charge >= 0.3 is 0 Å². The molecule has 0 aliphatic heterocycles. The summed E-state index contributed by atoms with van der Waals surface area (Å²) in [5.74, 6) is 0.459. The van der Waals surface area contributed by atoms with Gasteiger partial charge in [-0.2, -0.15) is 0 Å². The van der Waals surface area contributed by atoms with E-state index in [9.17, 15) is 4.79 Å². The third-order valence-corrected chi connectivity index (χ3v) is 3.68. The number of thioether (sulfide) groups is 1. The Kier molecular flexibility index (Phi) is 4.75. The predicted molar refractivity (Wildman–Crippen MR) is 79.9 cm³/mol. The van der Waals surface area contributed by atoms with Gasteiger partial charge in [0, 0.05) is 22.6 Å². The highest BCUT2D eigenvalue weighted by atomic mass is 79.9. The predicted octanol–water partition coefficient (Wildman–Crippen LogP) is 2.55. The lowest BCUT2D eigenvalue weighted by molar-refractivity contribution is -0.113. The second-order valence-corrected chi connectivity index (χ2v) is 5.47. The molecule has 1 aromatic carbocycles. The molecule has 5 nitrogen and oxygen atoms in total. The number of anilines is 2. The number of nitrogens with one attached hydrogen (secondary N) is 1.